The summed E-state index contributed by atoms with van der Waals surface area (Å²) in [5, 5.41) is 0. The highest BCUT2D eigenvalue weighted by atomic mass is 32.1. The summed E-state index contributed by atoms with van der Waals surface area (Å²) in [5.41, 5.74) is 0.421. The van der Waals surface area contributed by atoms with E-state index in [1.54, 1.807) is 28.8 Å². The fourth-order valence-electron chi connectivity index (χ4n) is 2.99. The van der Waals surface area contributed by atoms with Gasteiger partial charge < -0.3 is 18.8 Å². The Morgan fingerprint density at radius 2 is 2.11 bits per heavy atom. The molecule has 0 N–H and O–H groups in total. The summed E-state index contributed by atoms with van der Waals surface area (Å²) >= 11 is 1.26. The van der Waals surface area contributed by atoms with E-state index in [0.717, 1.165) is 0 Å². The van der Waals surface area contributed by atoms with E-state index in [4.69, 9.17) is 14.2 Å². The Balaban J connectivity index is 1.68. The molecule has 1 aliphatic rings. The molecule has 0 saturated heterocycles. The third kappa shape index (κ3) is 3.65. The van der Waals surface area contributed by atoms with Crippen LogP contribution in [0.3, 0.4) is 0 Å². The van der Waals surface area contributed by atoms with Crippen LogP contribution in [0, 0.1) is 5.82 Å². The van der Waals surface area contributed by atoms with Crippen LogP contribution in [0.1, 0.15) is 6.92 Å². The molecule has 0 unspecified atom stereocenters. The van der Waals surface area contributed by atoms with Crippen molar-refractivity contribution in [3.05, 3.63) is 53.1 Å². The molecule has 1 aromatic heterocycles. The molecular formula is C20H19FN2O4S. The fraction of sp³-hybridized carbons (Fsp3) is 0.300. The van der Waals surface area contributed by atoms with Gasteiger partial charge in [0.05, 0.1) is 16.8 Å². The lowest BCUT2D eigenvalue weighted by Crippen LogP contribution is -2.37. The second-order valence-corrected chi connectivity index (χ2v) is 7.14. The zero-order valence-electron chi connectivity index (χ0n) is 15.3. The van der Waals surface area contributed by atoms with E-state index >= 15 is 0 Å². The van der Waals surface area contributed by atoms with Crippen molar-refractivity contribution in [2.24, 2.45) is 4.99 Å². The van der Waals surface area contributed by atoms with Crippen LogP contribution in [0.15, 0.2) is 47.5 Å². The Morgan fingerprint density at radius 3 is 2.93 bits per heavy atom. The zero-order chi connectivity index (χ0) is 19.5. The number of halogens is 1. The molecule has 0 aliphatic carbocycles. The number of nitrogens with zero attached hydrogens (tertiary/aromatic N) is 2. The average molecular weight is 402 g/mol. The number of aromatic nitrogens is 1. The van der Waals surface area contributed by atoms with Crippen LogP contribution in [-0.2, 0) is 16.1 Å². The van der Waals surface area contributed by atoms with Gasteiger partial charge in [-0.3, -0.25) is 4.79 Å². The van der Waals surface area contributed by atoms with E-state index in [2.05, 4.69) is 4.99 Å². The van der Waals surface area contributed by atoms with Gasteiger partial charge in [0, 0.05) is 13.2 Å². The van der Waals surface area contributed by atoms with Gasteiger partial charge in [-0.1, -0.05) is 29.5 Å². The summed E-state index contributed by atoms with van der Waals surface area (Å²) in [4.78, 5) is 17.4. The summed E-state index contributed by atoms with van der Waals surface area (Å²) in [6.45, 7) is 3.32. The standard InChI is InChI=1S/C20H19FN2O4S/c1-2-25-11-10-23-18-13(21)6-5-9-17(18)28-20(23)22-19(24)16-12-26-14-7-3-4-8-15(14)27-16/h3-9,16H,2,10-12H2,1H3/t16-/m1/s1. The number of carbonyl (C=O) groups is 1. The summed E-state index contributed by atoms with van der Waals surface area (Å²) in [6.07, 6.45) is -0.842. The summed E-state index contributed by atoms with van der Waals surface area (Å²) in [5.74, 6) is 0.285. The van der Waals surface area contributed by atoms with Crippen molar-refractivity contribution in [1.29, 1.82) is 0 Å². The zero-order valence-corrected chi connectivity index (χ0v) is 16.1. The first kappa shape index (κ1) is 18.6. The Kier molecular flexibility index (Phi) is 5.40. The number of amides is 1. The molecule has 0 radical (unpaired) electrons. The second kappa shape index (κ2) is 8.12. The Hall–Kier alpha value is -2.71. The normalized spacial score (nSPS) is 16.5. The van der Waals surface area contributed by atoms with Gasteiger partial charge >= 0.3 is 0 Å². The quantitative estimate of drug-likeness (QED) is 0.615. The third-order valence-corrected chi connectivity index (χ3v) is 5.35. The Morgan fingerprint density at radius 1 is 1.29 bits per heavy atom. The average Bonchev–Trinajstić information content (AvgIpc) is 3.06. The smallest absolute Gasteiger partial charge is 0.292 e. The van der Waals surface area contributed by atoms with Crippen molar-refractivity contribution >= 4 is 27.5 Å². The van der Waals surface area contributed by atoms with Crippen molar-refractivity contribution in [1.82, 2.24) is 4.57 Å². The van der Waals surface area contributed by atoms with Gasteiger partial charge in [0.1, 0.15) is 12.4 Å². The number of hydrogen-bond acceptors (Lipinski definition) is 5. The van der Waals surface area contributed by atoms with Crippen molar-refractivity contribution in [2.75, 3.05) is 19.8 Å². The number of ether oxygens (including phenoxy) is 3. The molecule has 0 spiro atoms. The van der Waals surface area contributed by atoms with E-state index < -0.39 is 12.0 Å². The Labute approximate surface area is 164 Å². The first-order chi connectivity index (χ1) is 13.7. The highest BCUT2D eigenvalue weighted by molar-refractivity contribution is 7.16. The highest BCUT2D eigenvalue weighted by Gasteiger charge is 2.27. The molecule has 1 atom stereocenters. The van der Waals surface area contributed by atoms with Gasteiger partial charge in [-0.05, 0) is 31.2 Å². The topological polar surface area (TPSA) is 62.1 Å². The number of carbonyl (C=O) groups excluding carboxylic acids is 1. The third-order valence-electron chi connectivity index (χ3n) is 4.31. The predicted octanol–water partition coefficient (Wildman–Crippen LogP) is 3.15. The molecule has 2 aromatic carbocycles. The number of fused-ring (bicyclic) bond motifs is 2. The fourth-order valence-corrected chi connectivity index (χ4v) is 4.06. The maximum Gasteiger partial charge on any atom is 0.292 e. The molecule has 6 nitrogen and oxygen atoms in total. The highest BCUT2D eigenvalue weighted by Crippen LogP contribution is 2.31. The van der Waals surface area contributed by atoms with E-state index in [1.165, 1.54) is 17.4 Å². The largest absolute Gasteiger partial charge is 0.485 e. The lowest BCUT2D eigenvalue weighted by atomic mass is 10.2. The van der Waals surface area contributed by atoms with E-state index in [0.29, 0.717) is 46.3 Å². The first-order valence-corrected chi connectivity index (χ1v) is 9.81. The van der Waals surface area contributed by atoms with E-state index in [1.807, 2.05) is 19.1 Å². The number of para-hydroxylation sites is 3. The molecule has 1 amide bonds. The molecule has 1 aliphatic heterocycles. The van der Waals surface area contributed by atoms with E-state index in [-0.39, 0.29) is 12.4 Å². The lowest BCUT2D eigenvalue weighted by Gasteiger charge is -2.23. The van der Waals surface area contributed by atoms with Crippen LogP contribution < -0.4 is 14.3 Å². The molecule has 2 heterocycles. The monoisotopic (exact) mass is 402 g/mol. The lowest BCUT2D eigenvalue weighted by molar-refractivity contribution is -0.127. The van der Waals surface area contributed by atoms with Crippen molar-refractivity contribution in [2.45, 2.75) is 19.6 Å². The van der Waals surface area contributed by atoms with Gasteiger partial charge in [-0.15, -0.1) is 0 Å². The number of hydrogen-bond donors (Lipinski definition) is 0. The Bertz CT molecular complexity index is 1080. The van der Waals surface area contributed by atoms with Gasteiger partial charge in [-0.25, -0.2) is 4.39 Å². The van der Waals surface area contributed by atoms with Gasteiger partial charge in [-0.2, -0.15) is 4.99 Å². The second-order valence-electron chi connectivity index (χ2n) is 6.13. The molecular weight excluding hydrogens is 383 g/mol. The van der Waals surface area contributed by atoms with Gasteiger partial charge in [0.15, 0.2) is 16.3 Å². The van der Waals surface area contributed by atoms with Crippen molar-refractivity contribution in [3.63, 3.8) is 0 Å². The van der Waals surface area contributed by atoms with Crippen LogP contribution in [0.25, 0.3) is 10.2 Å². The number of rotatable bonds is 5. The van der Waals surface area contributed by atoms with Gasteiger partial charge in [0.2, 0.25) is 6.10 Å². The van der Waals surface area contributed by atoms with Crippen LogP contribution >= 0.6 is 11.3 Å². The van der Waals surface area contributed by atoms with Crippen LogP contribution in [0.4, 0.5) is 4.39 Å². The van der Waals surface area contributed by atoms with Crippen molar-refractivity contribution < 1.29 is 23.4 Å². The summed E-state index contributed by atoms with van der Waals surface area (Å²) in [6, 6.07) is 12.0. The summed E-state index contributed by atoms with van der Waals surface area (Å²) in [7, 11) is 0. The molecule has 8 heteroatoms. The van der Waals surface area contributed by atoms with Crippen LogP contribution in [0.2, 0.25) is 0 Å². The SMILES string of the molecule is CCOCCn1c(=NC(=O)[C@H]2COc3ccccc3O2)sc2cccc(F)c21. The van der Waals surface area contributed by atoms with Crippen LogP contribution in [0.5, 0.6) is 11.5 Å². The molecule has 4 rings (SSSR count). The molecule has 3 aromatic rings. The maximum atomic E-state index is 14.4. The minimum Gasteiger partial charge on any atom is -0.485 e. The minimum atomic E-state index is -0.842. The number of benzene rings is 2. The molecule has 0 bridgehead atoms. The first-order valence-electron chi connectivity index (χ1n) is 9.00. The molecule has 0 saturated carbocycles. The molecule has 146 valence electrons. The summed E-state index contributed by atoms with van der Waals surface area (Å²) < 4.78 is 33.5. The maximum absolute atomic E-state index is 14.4. The molecule has 28 heavy (non-hydrogen) atoms. The molecule has 0 fully saturated rings. The van der Waals surface area contributed by atoms with Crippen LogP contribution in [-0.4, -0.2) is 36.4 Å². The minimum absolute atomic E-state index is 0.0809. The van der Waals surface area contributed by atoms with Gasteiger partial charge in [0.25, 0.3) is 5.91 Å². The predicted molar refractivity (Wildman–Crippen MR) is 103 cm³/mol. The number of thiazole rings is 1. The van der Waals surface area contributed by atoms with Crippen molar-refractivity contribution in [3.8, 4) is 11.5 Å². The van der Waals surface area contributed by atoms with E-state index in [9.17, 15) is 9.18 Å².